The topological polar surface area (TPSA) is 105 Å². The van der Waals surface area contributed by atoms with Crippen molar-refractivity contribution in [2.24, 2.45) is 13.9 Å². The fourth-order valence-corrected chi connectivity index (χ4v) is 9.80. The summed E-state index contributed by atoms with van der Waals surface area (Å²) in [4.78, 5) is 13.2. The van der Waals surface area contributed by atoms with Crippen molar-refractivity contribution in [2.45, 2.75) is 64.4 Å². The van der Waals surface area contributed by atoms with Gasteiger partial charge in [-0.15, -0.1) is 4.36 Å². The lowest BCUT2D eigenvalue weighted by Gasteiger charge is -2.17. The van der Waals surface area contributed by atoms with E-state index < -0.39 is 28.3 Å². The maximum atomic E-state index is 12.7. The van der Waals surface area contributed by atoms with E-state index >= 15 is 0 Å². The predicted octanol–water partition coefficient (Wildman–Crippen LogP) is 3.07. The quantitative estimate of drug-likeness (QED) is 0.704. The van der Waals surface area contributed by atoms with Crippen molar-refractivity contribution < 1.29 is 14.1 Å². The highest BCUT2D eigenvalue weighted by atomic mass is 33.4. The maximum absolute atomic E-state index is 12.7. The first kappa shape index (κ1) is 20.2. The van der Waals surface area contributed by atoms with Gasteiger partial charge in [0, 0.05) is 4.91 Å². The van der Waals surface area contributed by atoms with E-state index in [4.69, 9.17) is 5.14 Å². The maximum Gasteiger partial charge on any atom is 0.263 e. The van der Waals surface area contributed by atoms with E-state index in [1.54, 1.807) is 13.8 Å². The summed E-state index contributed by atoms with van der Waals surface area (Å²) in [6.45, 7) is 3.24. The molecular weight excluding hydrogens is 414 g/mol. The molecule has 4 rings (SSSR count). The van der Waals surface area contributed by atoms with Gasteiger partial charge in [0.2, 0.25) is 0 Å². The van der Waals surface area contributed by atoms with E-state index in [1.165, 1.54) is 28.5 Å². The lowest BCUT2D eigenvalue weighted by molar-refractivity contribution is -0.117. The van der Waals surface area contributed by atoms with Crippen LogP contribution >= 0.6 is 10.8 Å². The van der Waals surface area contributed by atoms with Crippen LogP contribution in [0.2, 0.25) is 0 Å². The lowest BCUT2D eigenvalue weighted by atomic mass is 9.92. The van der Waals surface area contributed by atoms with Gasteiger partial charge in [0.05, 0.1) is 25.8 Å². The van der Waals surface area contributed by atoms with Crippen LogP contribution in [0.25, 0.3) is 0 Å². The molecule has 152 valence electrons. The Morgan fingerprint density at radius 2 is 1.89 bits per heavy atom. The third-order valence-corrected chi connectivity index (χ3v) is 12.5. The molecule has 1 aliphatic heterocycles. The zero-order valence-corrected chi connectivity index (χ0v) is 18.5. The summed E-state index contributed by atoms with van der Waals surface area (Å²) in [7, 11) is -3.42. The summed E-state index contributed by atoms with van der Waals surface area (Å²) in [6, 6.07) is 2.32. The molecule has 0 radical (unpaired) electrons. The van der Waals surface area contributed by atoms with Crippen LogP contribution < -0.4 is 5.14 Å². The van der Waals surface area contributed by atoms with Crippen molar-refractivity contribution in [3.05, 3.63) is 45.0 Å². The molecule has 1 amide bonds. The molecule has 0 bridgehead atoms. The zero-order valence-electron chi connectivity index (χ0n) is 16.1. The number of benzene rings is 1. The molecule has 0 saturated heterocycles. The van der Waals surface area contributed by atoms with Crippen LogP contribution in [-0.4, -0.2) is 20.8 Å². The van der Waals surface area contributed by atoms with Gasteiger partial charge in [-0.05, 0) is 91.0 Å². The molecule has 1 aromatic rings. The van der Waals surface area contributed by atoms with Crippen LogP contribution in [0.4, 0.5) is 0 Å². The van der Waals surface area contributed by atoms with Crippen molar-refractivity contribution in [2.75, 3.05) is 0 Å². The summed E-state index contributed by atoms with van der Waals surface area (Å²) in [5.74, 6) is -0.405. The first-order valence-electron chi connectivity index (χ1n) is 9.45. The number of nitrogens with zero attached hydrogens (tertiary/aromatic N) is 2. The third kappa shape index (κ3) is 3.70. The Morgan fingerprint density at radius 1 is 1.29 bits per heavy atom. The van der Waals surface area contributed by atoms with Crippen molar-refractivity contribution in [3.63, 3.8) is 0 Å². The minimum Gasteiger partial charge on any atom is -0.385 e. The number of rotatable bonds is 3. The number of nitrogens with two attached hydrogens (primary N) is 1. The van der Waals surface area contributed by atoms with Crippen molar-refractivity contribution in [1.82, 2.24) is 0 Å². The van der Waals surface area contributed by atoms with E-state index in [9.17, 15) is 14.1 Å². The molecule has 1 heterocycles. The number of amides is 1. The number of fused-ring (bicyclic) bond motifs is 2. The Morgan fingerprint density at radius 3 is 2.43 bits per heavy atom. The van der Waals surface area contributed by atoms with Gasteiger partial charge in [-0.1, -0.05) is 6.07 Å². The number of hydrogen-bond donors (Lipinski definition) is 2. The van der Waals surface area contributed by atoms with E-state index in [1.807, 2.05) is 0 Å². The second-order valence-corrected chi connectivity index (χ2v) is 15.5. The molecule has 0 saturated carbocycles. The molecule has 1 unspecified atom stereocenters. The second kappa shape index (κ2) is 7.28. The number of carbonyl (C=O) groups is 1. The van der Waals surface area contributed by atoms with E-state index in [-0.39, 0.29) is 6.42 Å². The number of carbonyl (C=O) groups excluding carboxylic acids is 1. The Kier molecular flexibility index (Phi) is 5.24. The molecule has 2 aliphatic carbocycles. The van der Waals surface area contributed by atoms with Gasteiger partial charge in [0.1, 0.15) is 0 Å². The highest BCUT2D eigenvalue weighted by molar-refractivity contribution is 8.88. The minimum absolute atomic E-state index is 0.184. The van der Waals surface area contributed by atoms with Crippen LogP contribution in [-0.2, 0) is 53.7 Å². The summed E-state index contributed by atoms with van der Waals surface area (Å²) < 4.78 is 20.8. The minimum atomic E-state index is -2.55. The van der Waals surface area contributed by atoms with Crippen LogP contribution in [0.1, 0.15) is 54.5 Å². The van der Waals surface area contributed by atoms with Gasteiger partial charge in [-0.2, -0.15) is 4.21 Å². The van der Waals surface area contributed by atoms with Crippen LogP contribution in [0.15, 0.2) is 25.9 Å². The fraction of sp³-hybridized carbons (Fsp3) is 0.526. The van der Waals surface area contributed by atoms with Gasteiger partial charge >= 0.3 is 0 Å². The van der Waals surface area contributed by atoms with Gasteiger partial charge in [0.25, 0.3) is 5.91 Å². The van der Waals surface area contributed by atoms with Crippen LogP contribution in [0, 0.1) is 0 Å². The highest BCUT2D eigenvalue weighted by Crippen LogP contribution is 2.38. The Bertz CT molecular complexity index is 1120. The first-order chi connectivity index (χ1) is 13.2. The number of hydrogen-bond acceptors (Lipinski definition) is 5. The average Bonchev–Trinajstić information content (AvgIpc) is 3.32. The van der Waals surface area contributed by atoms with Crippen LogP contribution in [0.5, 0.6) is 0 Å². The normalized spacial score (nSPS) is 23.1. The summed E-state index contributed by atoms with van der Waals surface area (Å²) in [6.07, 6.45) is 8.04. The standard InChI is InChI=1S/C19H25N3O3S3/c1-19(2,24)17-11-21-28(20,26-17)27(25)22-18(23)10-16-14-7-3-5-12(14)9-13-6-4-8-15(13)16/h9,11,24H,3-8,10H2,1-2H3,(H2,20,21). The largest absolute Gasteiger partial charge is 0.385 e. The van der Waals surface area contributed by atoms with Gasteiger partial charge in [-0.25, -0.2) is 4.36 Å². The lowest BCUT2D eigenvalue weighted by Crippen LogP contribution is -2.20. The second-order valence-electron chi connectivity index (χ2n) is 7.97. The van der Waals surface area contributed by atoms with Crippen molar-refractivity contribution in [1.29, 1.82) is 0 Å². The molecule has 0 aromatic heterocycles. The summed E-state index contributed by atoms with van der Waals surface area (Å²) >= 11 is 0. The molecule has 1 aromatic carbocycles. The van der Waals surface area contributed by atoms with E-state index in [2.05, 4.69) is 14.8 Å². The monoisotopic (exact) mass is 439 g/mol. The molecular formula is C19H25N3O3S3. The van der Waals surface area contributed by atoms with Gasteiger partial charge in [-0.3, -0.25) is 9.93 Å². The van der Waals surface area contributed by atoms with Crippen molar-refractivity contribution >= 4 is 33.5 Å². The third-order valence-electron chi connectivity index (χ3n) is 5.44. The number of aryl methyl sites for hydroxylation is 2. The van der Waals surface area contributed by atoms with Crippen molar-refractivity contribution in [3.8, 4) is 0 Å². The SMILES string of the molecule is CC(C)(O)C1=CN=S(N)(=S(=O)=NC(=O)Cc2c3c(cc4c2CCC4)CCC3)S1. The molecule has 9 heteroatoms. The Labute approximate surface area is 170 Å². The number of aliphatic hydroxyl groups is 1. The Hall–Kier alpha value is -1.13. The fourth-order valence-electron chi connectivity index (χ4n) is 4.09. The Balaban J connectivity index is 1.66. The highest BCUT2D eigenvalue weighted by Gasteiger charge is 2.27. The van der Waals surface area contributed by atoms with Gasteiger partial charge in [0.15, 0.2) is 9.16 Å². The van der Waals surface area contributed by atoms with E-state index in [0.717, 1.165) is 54.9 Å². The summed E-state index contributed by atoms with van der Waals surface area (Å²) in [5, 5.41) is 16.3. The molecule has 0 spiro atoms. The first-order valence-corrected chi connectivity index (χ1v) is 14.1. The molecule has 28 heavy (non-hydrogen) atoms. The smallest absolute Gasteiger partial charge is 0.263 e. The van der Waals surface area contributed by atoms with Gasteiger partial charge < -0.3 is 5.11 Å². The molecule has 0 fully saturated rings. The molecule has 3 aliphatic rings. The average molecular weight is 440 g/mol. The molecule has 3 N–H and O–H groups in total. The molecule has 1 atom stereocenters. The zero-order chi connectivity index (χ0) is 20.1. The predicted molar refractivity (Wildman–Crippen MR) is 116 cm³/mol. The van der Waals surface area contributed by atoms with Crippen LogP contribution in [0.3, 0.4) is 0 Å². The molecule has 6 nitrogen and oxygen atoms in total. The summed E-state index contributed by atoms with van der Waals surface area (Å²) in [5.41, 5.74) is 5.34. The van der Waals surface area contributed by atoms with E-state index in [0.29, 0.717) is 4.91 Å².